The number of nitrogens with zero attached hydrogens (tertiary/aromatic N) is 4. The predicted molar refractivity (Wildman–Crippen MR) is 116 cm³/mol. The van der Waals surface area contributed by atoms with Crippen molar-refractivity contribution in [2.75, 3.05) is 24.6 Å². The van der Waals surface area contributed by atoms with E-state index in [1.54, 1.807) is 0 Å². The molecule has 1 fully saturated rings. The molecule has 3 heterocycles. The van der Waals surface area contributed by atoms with Crippen LogP contribution in [0.3, 0.4) is 0 Å². The molecule has 1 atom stereocenters. The molecule has 0 bridgehead atoms. The number of aromatic nitrogens is 5. The van der Waals surface area contributed by atoms with Crippen molar-refractivity contribution in [2.45, 2.75) is 32.4 Å². The molecule has 0 unspecified atom stereocenters. The number of amides is 1. The fourth-order valence-electron chi connectivity index (χ4n) is 3.47. The average molecular weight is 439 g/mol. The number of benzene rings is 1. The van der Waals surface area contributed by atoms with Crippen molar-refractivity contribution in [3.63, 3.8) is 0 Å². The van der Waals surface area contributed by atoms with E-state index in [4.69, 9.17) is 9.47 Å². The highest BCUT2D eigenvalue weighted by Gasteiger charge is 2.24. The molecule has 0 saturated carbocycles. The van der Waals surface area contributed by atoms with Gasteiger partial charge < -0.3 is 19.7 Å². The van der Waals surface area contributed by atoms with E-state index in [9.17, 15) is 9.59 Å². The summed E-state index contributed by atoms with van der Waals surface area (Å²) in [5.74, 6) is 1.99. The van der Waals surface area contributed by atoms with Crippen molar-refractivity contribution in [3.8, 4) is 11.5 Å². The number of para-hydroxylation sites is 2. The van der Waals surface area contributed by atoms with Crippen LogP contribution in [0.2, 0.25) is 0 Å². The standard InChI is InChI=1S/C21H25N7O4/c1-2-31-16-7-3-4-8-17(16)32-15-6-5-9-28(13-15)20-23-10-14(11-24-20)19(29)22-12-18-25-21(30)27-26-18/h3-4,7-8,10-11,15H,2,5-6,9,12-13H2,1H3,(H,22,29)(H2,25,26,27,30)/t15-/m1/s1. The molecule has 11 heteroatoms. The van der Waals surface area contributed by atoms with Crippen molar-refractivity contribution in [3.05, 3.63) is 58.5 Å². The first kappa shape index (κ1) is 21.3. The molecule has 1 amide bonds. The lowest BCUT2D eigenvalue weighted by Gasteiger charge is -2.33. The molecule has 0 spiro atoms. The van der Waals surface area contributed by atoms with E-state index in [0.717, 1.165) is 30.9 Å². The lowest BCUT2D eigenvalue weighted by Crippen LogP contribution is -2.42. The van der Waals surface area contributed by atoms with E-state index < -0.39 is 5.69 Å². The Labute approximate surface area is 184 Å². The van der Waals surface area contributed by atoms with Gasteiger partial charge in [0, 0.05) is 18.9 Å². The first-order valence-electron chi connectivity index (χ1n) is 10.5. The molecule has 1 aliphatic rings. The summed E-state index contributed by atoms with van der Waals surface area (Å²) < 4.78 is 11.9. The van der Waals surface area contributed by atoms with Crippen LogP contribution in [0.5, 0.6) is 11.5 Å². The third-order valence-electron chi connectivity index (χ3n) is 4.97. The lowest BCUT2D eigenvalue weighted by molar-refractivity contribution is 0.0949. The fraction of sp³-hybridized carbons (Fsp3) is 0.381. The van der Waals surface area contributed by atoms with Gasteiger partial charge in [-0.15, -0.1) is 0 Å². The highest BCUT2D eigenvalue weighted by molar-refractivity contribution is 5.93. The normalized spacial score (nSPS) is 15.9. The Hall–Kier alpha value is -3.89. The van der Waals surface area contributed by atoms with Gasteiger partial charge in [-0.3, -0.25) is 9.89 Å². The fourth-order valence-corrected chi connectivity index (χ4v) is 3.47. The maximum absolute atomic E-state index is 12.3. The maximum Gasteiger partial charge on any atom is 0.361 e. The van der Waals surface area contributed by atoms with Crippen LogP contribution >= 0.6 is 0 Å². The van der Waals surface area contributed by atoms with Gasteiger partial charge in [0.15, 0.2) is 11.5 Å². The number of ether oxygens (including phenoxy) is 2. The second-order valence-electron chi connectivity index (χ2n) is 7.28. The number of aromatic amines is 2. The zero-order valence-corrected chi connectivity index (χ0v) is 17.7. The van der Waals surface area contributed by atoms with Gasteiger partial charge in [-0.1, -0.05) is 12.1 Å². The number of carbonyl (C=O) groups is 1. The number of anilines is 1. The minimum atomic E-state index is -0.493. The van der Waals surface area contributed by atoms with E-state index in [2.05, 4.69) is 30.5 Å². The Bertz CT molecular complexity index is 1100. The Morgan fingerprint density at radius 1 is 1.22 bits per heavy atom. The van der Waals surface area contributed by atoms with Crippen LogP contribution in [-0.4, -0.2) is 56.9 Å². The van der Waals surface area contributed by atoms with Crippen molar-refractivity contribution in [2.24, 2.45) is 0 Å². The minimum Gasteiger partial charge on any atom is -0.490 e. The third kappa shape index (κ3) is 5.23. The number of hydrogen-bond donors (Lipinski definition) is 3. The van der Waals surface area contributed by atoms with E-state index in [1.165, 1.54) is 12.4 Å². The molecular formula is C21H25N7O4. The molecule has 11 nitrogen and oxygen atoms in total. The number of H-pyrrole nitrogens is 2. The smallest absolute Gasteiger partial charge is 0.361 e. The Morgan fingerprint density at radius 3 is 2.72 bits per heavy atom. The molecule has 3 aromatic rings. The van der Waals surface area contributed by atoms with Crippen molar-refractivity contribution >= 4 is 11.9 Å². The van der Waals surface area contributed by atoms with Gasteiger partial charge in [-0.25, -0.2) is 19.9 Å². The number of piperidine rings is 1. The molecule has 0 aliphatic carbocycles. The molecule has 168 valence electrons. The Kier molecular flexibility index (Phi) is 6.63. The van der Waals surface area contributed by atoms with E-state index in [0.29, 0.717) is 30.5 Å². The first-order valence-corrected chi connectivity index (χ1v) is 10.5. The van der Waals surface area contributed by atoms with Gasteiger partial charge in [0.25, 0.3) is 5.91 Å². The first-order chi connectivity index (χ1) is 15.6. The van der Waals surface area contributed by atoms with E-state index >= 15 is 0 Å². The number of nitrogens with one attached hydrogen (secondary N) is 3. The van der Waals surface area contributed by atoms with Crippen molar-refractivity contribution in [1.82, 2.24) is 30.5 Å². The summed E-state index contributed by atoms with van der Waals surface area (Å²) in [6.45, 7) is 4.06. The molecule has 0 radical (unpaired) electrons. The highest BCUT2D eigenvalue weighted by Crippen LogP contribution is 2.29. The van der Waals surface area contributed by atoms with Crippen LogP contribution in [0.4, 0.5) is 5.95 Å². The summed E-state index contributed by atoms with van der Waals surface area (Å²) in [6.07, 6.45) is 4.81. The summed E-state index contributed by atoms with van der Waals surface area (Å²) >= 11 is 0. The SMILES string of the molecule is CCOc1ccccc1O[C@@H]1CCCN(c2ncc(C(=O)NCc3nc(=O)[nH][nH]3)cn2)C1. The quantitative estimate of drug-likeness (QED) is 0.477. The van der Waals surface area contributed by atoms with Gasteiger partial charge >= 0.3 is 5.69 Å². The second-order valence-corrected chi connectivity index (χ2v) is 7.28. The molecule has 1 saturated heterocycles. The van der Waals surface area contributed by atoms with Crippen LogP contribution in [0.15, 0.2) is 41.5 Å². The largest absolute Gasteiger partial charge is 0.490 e. The summed E-state index contributed by atoms with van der Waals surface area (Å²) in [7, 11) is 0. The van der Waals surface area contributed by atoms with E-state index in [1.807, 2.05) is 36.1 Å². The monoisotopic (exact) mass is 439 g/mol. The van der Waals surface area contributed by atoms with Gasteiger partial charge in [0.05, 0.1) is 25.3 Å². The molecular weight excluding hydrogens is 414 g/mol. The van der Waals surface area contributed by atoms with Crippen LogP contribution in [-0.2, 0) is 6.54 Å². The van der Waals surface area contributed by atoms with Gasteiger partial charge in [-0.2, -0.15) is 4.98 Å². The summed E-state index contributed by atoms with van der Waals surface area (Å²) in [5.41, 5.74) is -0.172. The molecule has 3 N–H and O–H groups in total. The summed E-state index contributed by atoms with van der Waals surface area (Å²) in [4.78, 5) is 37.7. The van der Waals surface area contributed by atoms with Crippen LogP contribution < -0.4 is 25.4 Å². The molecule has 32 heavy (non-hydrogen) atoms. The number of hydrogen-bond acceptors (Lipinski definition) is 8. The third-order valence-corrected chi connectivity index (χ3v) is 4.97. The minimum absolute atomic E-state index is 0.0204. The maximum atomic E-state index is 12.3. The molecule has 1 aromatic carbocycles. The predicted octanol–water partition coefficient (Wildman–Crippen LogP) is 1.26. The molecule has 1 aliphatic heterocycles. The molecule has 2 aromatic heterocycles. The Balaban J connectivity index is 1.35. The lowest BCUT2D eigenvalue weighted by atomic mass is 10.1. The summed E-state index contributed by atoms with van der Waals surface area (Å²) in [6, 6.07) is 7.66. The zero-order chi connectivity index (χ0) is 22.3. The zero-order valence-electron chi connectivity index (χ0n) is 17.7. The average Bonchev–Trinajstić information content (AvgIpc) is 3.24. The van der Waals surface area contributed by atoms with Crippen molar-refractivity contribution < 1.29 is 14.3 Å². The van der Waals surface area contributed by atoms with Gasteiger partial charge in [-0.05, 0) is 31.9 Å². The van der Waals surface area contributed by atoms with Gasteiger partial charge in [0.2, 0.25) is 5.95 Å². The van der Waals surface area contributed by atoms with Crippen LogP contribution in [0, 0.1) is 0 Å². The van der Waals surface area contributed by atoms with Crippen molar-refractivity contribution in [1.29, 1.82) is 0 Å². The Morgan fingerprint density at radius 2 is 2.00 bits per heavy atom. The highest BCUT2D eigenvalue weighted by atomic mass is 16.5. The molecule has 4 rings (SSSR count). The number of rotatable bonds is 8. The van der Waals surface area contributed by atoms with E-state index in [-0.39, 0.29) is 18.6 Å². The summed E-state index contributed by atoms with van der Waals surface area (Å²) in [5, 5.41) is 7.55. The van der Waals surface area contributed by atoms with Gasteiger partial charge in [0.1, 0.15) is 11.9 Å². The van der Waals surface area contributed by atoms with Crippen LogP contribution in [0.1, 0.15) is 35.9 Å². The number of carbonyl (C=O) groups excluding carboxylic acids is 1. The topological polar surface area (TPSA) is 138 Å². The van der Waals surface area contributed by atoms with Crippen LogP contribution in [0.25, 0.3) is 0 Å². The second kappa shape index (κ2) is 9.94.